The molecule has 3 heteroatoms. The molecule has 0 aliphatic rings. The molecule has 0 saturated heterocycles. The predicted molar refractivity (Wildman–Crippen MR) is 64.2 cm³/mol. The van der Waals surface area contributed by atoms with Crippen LogP contribution in [0.25, 0.3) is 0 Å². The Morgan fingerprint density at radius 2 is 1.86 bits per heavy atom. The summed E-state index contributed by atoms with van der Waals surface area (Å²) in [6.45, 7) is 11.2. The summed E-state index contributed by atoms with van der Waals surface area (Å²) >= 11 is 0. The lowest BCUT2D eigenvalue weighted by Gasteiger charge is -2.32. The van der Waals surface area contributed by atoms with Crippen LogP contribution in [0.4, 0.5) is 0 Å². The van der Waals surface area contributed by atoms with Crippen LogP contribution in [0.5, 0.6) is 0 Å². The molecule has 1 aromatic rings. The molecule has 2 nitrogen and oxygen atoms in total. The third-order valence-electron chi connectivity index (χ3n) is 1.99. The van der Waals surface area contributed by atoms with Gasteiger partial charge in [0.1, 0.15) is 0 Å². The van der Waals surface area contributed by atoms with Gasteiger partial charge in [-0.3, -0.25) is 4.98 Å². The maximum absolute atomic E-state index is 4.43. The van der Waals surface area contributed by atoms with E-state index in [0.717, 1.165) is 0 Å². The standard InChI is InChI=1S/C11H20N2Si/c1-11(2,3)13-14(4,5)10-8-6-7-9-12-10/h6-9,13H,1-5H3. The van der Waals surface area contributed by atoms with Gasteiger partial charge in [0.05, 0.1) is 0 Å². The molecular weight excluding hydrogens is 188 g/mol. The Hall–Kier alpha value is -0.673. The minimum Gasteiger partial charge on any atom is -0.328 e. The molecule has 0 aromatic carbocycles. The minimum absolute atomic E-state index is 0.160. The molecule has 0 atom stereocenters. The average Bonchev–Trinajstić information content (AvgIpc) is 2.01. The molecule has 1 rings (SSSR count). The lowest BCUT2D eigenvalue weighted by atomic mass is 10.1. The fourth-order valence-electron chi connectivity index (χ4n) is 1.73. The van der Waals surface area contributed by atoms with E-state index in [2.05, 4.69) is 56.0 Å². The van der Waals surface area contributed by atoms with Gasteiger partial charge in [0.2, 0.25) is 0 Å². The van der Waals surface area contributed by atoms with Crippen LogP contribution in [0.3, 0.4) is 0 Å². The predicted octanol–water partition coefficient (Wildman–Crippen LogP) is 1.88. The van der Waals surface area contributed by atoms with Gasteiger partial charge in [-0.05, 0) is 32.9 Å². The van der Waals surface area contributed by atoms with E-state index < -0.39 is 8.24 Å². The van der Waals surface area contributed by atoms with Crippen molar-refractivity contribution in [2.24, 2.45) is 0 Å². The van der Waals surface area contributed by atoms with Gasteiger partial charge < -0.3 is 4.98 Å². The van der Waals surface area contributed by atoms with Crippen molar-refractivity contribution < 1.29 is 0 Å². The quantitative estimate of drug-likeness (QED) is 0.751. The topological polar surface area (TPSA) is 24.9 Å². The SMILES string of the molecule is CC(C)(C)N[Si](C)(C)c1ccccn1. The highest BCUT2D eigenvalue weighted by Crippen LogP contribution is 2.06. The first kappa shape index (κ1) is 11.4. The summed E-state index contributed by atoms with van der Waals surface area (Å²) in [6, 6.07) is 6.14. The van der Waals surface area contributed by atoms with E-state index in [0.29, 0.717) is 0 Å². The second-order valence-electron chi connectivity index (χ2n) is 5.21. The van der Waals surface area contributed by atoms with Crippen molar-refractivity contribution in [3.05, 3.63) is 24.4 Å². The zero-order valence-corrected chi connectivity index (χ0v) is 10.8. The first-order chi connectivity index (χ1) is 6.31. The summed E-state index contributed by atoms with van der Waals surface area (Å²) in [5.74, 6) is 0. The van der Waals surface area contributed by atoms with Gasteiger partial charge in [0, 0.05) is 17.1 Å². The number of hydrogen-bond donors (Lipinski definition) is 1. The van der Waals surface area contributed by atoms with Crippen LogP contribution in [-0.2, 0) is 0 Å². The maximum Gasteiger partial charge on any atom is 0.174 e. The number of pyridine rings is 1. The fourth-order valence-corrected chi connectivity index (χ4v) is 4.65. The van der Waals surface area contributed by atoms with Gasteiger partial charge in [-0.25, -0.2) is 0 Å². The first-order valence-corrected chi connectivity index (χ1v) is 8.02. The molecule has 1 heterocycles. The highest BCUT2D eigenvalue weighted by molar-refractivity contribution is 6.87. The van der Waals surface area contributed by atoms with Crippen molar-refractivity contribution in [2.75, 3.05) is 0 Å². The summed E-state index contributed by atoms with van der Waals surface area (Å²) in [5.41, 5.74) is 0.160. The Kier molecular flexibility index (Phi) is 3.12. The van der Waals surface area contributed by atoms with E-state index in [1.165, 1.54) is 5.32 Å². The zero-order valence-electron chi connectivity index (χ0n) is 9.76. The molecule has 78 valence electrons. The molecule has 0 aliphatic carbocycles. The van der Waals surface area contributed by atoms with E-state index in [-0.39, 0.29) is 5.54 Å². The van der Waals surface area contributed by atoms with Crippen LogP contribution >= 0.6 is 0 Å². The van der Waals surface area contributed by atoms with Crippen molar-refractivity contribution in [3.63, 3.8) is 0 Å². The number of hydrogen-bond acceptors (Lipinski definition) is 2. The van der Waals surface area contributed by atoms with E-state index >= 15 is 0 Å². The molecule has 0 unspecified atom stereocenters. The molecule has 1 aromatic heterocycles. The van der Waals surface area contributed by atoms with Crippen LogP contribution in [0.2, 0.25) is 13.1 Å². The molecule has 14 heavy (non-hydrogen) atoms. The summed E-state index contributed by atoms with van der Waals surface area (Å²) < 4.78 is 0. The van der Waals surface area contributed by atoms with Gasteiger partial charge in [0.25, 0.3) is 0 Å². The Morgan fingerprint density at radius 3 is 2.29 bits per heavy atom. The monoisotopic (exact) mass is 208 g/mol. The molecule has 0 fully saturated rings. The van der Waals surface area contributed by atoms with E-state index in [1.54, 1.807) is 0 Å². The zero-order chi connectivity index (χ0) is 10.8. The lowest BCUT2D eigenvalue weighted by molar-refractivity contribution is 0.515. The molecule has 0 radical (unpaired) electrons. The Balaban J connectivity index is 2.86. The summed E-state index contributed by atoms with van der Waals surface area (Å²) in [7, 11) is -1.58. The Labute approximate surface area is 87.9 Å². The van der Waals surface area contributed by atoms with Crippen LogP contribution < -0.4 is 10.3 Å². The third kappa shape index (κ3) is 3.23. The first-order valence-electron chi connectivity index (χ1n) is 5.02. The fraction of sp³-hybridized carbons (Fsp3) is 0.545. The van der Waals surface area contributed by atoms with E-state index in [9.17, 15) is 0 Å². The van der Waals surface area contributed by atoms with Gasteiger partial charge >= 0.3 is 0 Å². The van der Waals surface area contributed by atoms with Crippen molar-refractivity contribution in [2.45, 2.75) is 39.4 Å². The van der Waals surface area contributed by atoms with Crippen molar-refractivity contribution in [1.29, 1.82) is 0 Å². The maximum atomic E-state index is 4.43. The summed E-state index contributed by atoms with van der Waals surface area (Å²) in [4.78, 5) is 8.12. The van der Waals surface area contributed by atoms with Gasteiger partial charge in [-0.1, -0.05) is 19.2 Å². The van der Waals surface area contributed by atoms with Crippen molar-refractivity contribution in [1.82, 2.24) is 9.97 Å². The highest BCUT2D eigenvalue weighted by Gasteiger charge is 2.29. The second-order valence-corrected chi connectivity index (χ2v) is 9.23. The number of nitrogens with zero attached hydrogens (tertiary/aromatic N) is 1. The third-order valence-corrected chi connectivity index (χ3v) is 4.94. The molecule has 0 aliphatic heterocycles. The molecule has 0 spiro atoms. The summed E-state index contributed by atoms with van der Waals surface area (Å²) in [6.07, 6.45) is 1.87. The van der Waals surface area contributed by atoms with Crippen molar-refractivity contribution >= 4 is 13.6 Å². The second kappa shape index (κ2) is 3.83. The normalized spacial score (nSPS) is 12.9. The van der Waals surface area contributed by atoms with Crippen LogP contribution in [-0.4, -0.2) is 18.8 Å². The Bertz CT molecular complexity index is 288. The van der Waals surface area contributed by atoms with Gasteiger partial charge in [-0.15, -0.1) is 0 Å². The molecule has 1 N–H and O–H groups in total. The summed E-state index contributed by atoms with van der Waals surface area (Å²) in [5, 5.41) is 1.22. The largest absolute Gasteiger partial charge is 0.328 e. The van der Waals surface area contributed by atoms with Crippen LogP contribution in [0, 0.1) is 0 Å². The van der Waals surface area contributed by atoms with Crippen molar-refractivity contribution in [3.8, 4) is 0 Å². The Morgan fingerprint density at radius 1 is 1.21 bits per heavy atom. The smallest absolute Gasteiger partial charge is 0.174 e. The van der Waals surface area contributed by atoms with Gasteiger partial charge in [0.15, 0.2) is 8.24 Å². The lowest BCUT2D eigenvalue weighted by Crippen LogP contribution is -2.62. The minimum atomic E-state index is -1.58. The van der Waals surface area contributed by atoms with Crippen LogP contribution in [0.15, 0.2) is 24.4 Å². The molecule has 0 bridgehead atoms. The molecule has 0 saturated carbocycles. The molecular formula is C11H20N2Si. The average molecular weight is 208 g/mol. The van der Waals surface area contributed by atoms with Crippen LogP contribution in [0.1, 0.15) is 20.8 Å². The molecule has 0 amide bonds. The van der Waals surface area contributed by atoms with E-state index in [1.807, 2.05) is 12.3 Å². The van der Waals surface area contributed by atoms with E-state index in [4.69, 9.17) is 0 Å². The number of aromatic nitrogens is 1. The van der Waals surface area contributed by atoms with Gasteiger partial charge in [-0.2, -0.15) is 0 Å². The number of nitrogens with one attached hydrogen (secondary N) is 1. The highest BCUT2D eigenvalue weighted by atomic mass is 28.3. The number of rotatable bonds is 2.